The third kappa shape index (κ3) is 6.68. The van der Waals surface area contributed by atoms with E-state index in [-0.39, 0.29) is 6.61 Å². The van der Waals surface area contributed by atoms with Crippen LogP contribution in [0.2, 0.25) is 0 Å². The fourth-order valence-electron chi connectivity index (χ4n) is 0.588. The Morgan fingerprint density at radius 1 is 1.75 bits per heavy atom. The van der Waals surface area contributed by atoms with E-state index in [1.165, 1.54) is 0 Å². The summed E-state index contributed by atoms with van der Waals surface area (Å²) in [7, 11) is -2.67. The van der Waals surface area contributed by atoms with Gasteiger partial charge in [-0.3, -0.25) is 4.57 Å². The lowest BCUT2D eigenvalue weighted by atomic mass is 10.3. The maximum atomic E-state index is 10.8. The predicted molar refractivity (Wildman–Crippen MR) is 48.0 cm³/mol. The first-order valence-corrected chi connectivity index (χ1v) is 5.75. The Labute approximate surface area is 73.8 Å². The maximum absolute atomic E-state index is 10.8. The first-order chi connectivity index (χ1) is 5.70. The minimum Gasteiger partial charge on any atom is -0.392 e. The highest BCUT2D eigenvalue weighted by molar-refractivity contribution is 7.46. The zero-order valence-corrected chi connectivity index (χ0v) is 8.71. The fraction of sp³-hybridized carbons (Fsp3) is 0.667. The molecule has 0 radical (unpaired) electrons. The van der Waals surface area contributed by atoms with E-state index in [2.05, 4.69) is 4.31 Å². The van der Waals surface area contributed by atoms with E-state index in [9.17, 15) is 9.13 Å². The van der Waals surface area contributed by atoms with Crippen LogP contribution < -0.4 is 0 Å². The van der Waals surface area contributed by atoms with Crippen LogP contribution in [0.1, 0.15) is 13.3 Å². The highest BCUT2D eigenvalue weighted by Crippen LogP contribution is 2.28. The van der Waals surface area contributed by atoms with Crippen LogP contribution in [0.3, 0.4) is 0 Å². The molecule has 0 bridgehead atoms. The van der Waals surface area contributed by atoms with Gasteiger partial charge in [-0.05, 0) is 13.3 Å². The lowest BCUT2D eigenvalue weighted by molar-refractivity contribution is 0.331. The molecule has 0 aliphatic rings. The summed E-state index contributed by atoms with van der Waals surface area (Å²) in [5.41, 5.74) is 0.837. The molecule has 12 heavy (non-hydrogen) atoms. The average Bonchev–Trinajstić information content (AvgIpc) is 2.04. The lowest BCUT2D eigenvalue weighted by Gasteiger charge is -1.95. The molecule has 0 saturated heterocycles. The van der Waals surface area contributed by atoms with Gasteiger partial charge in [0.15, 0.2) is 0 Å². The summed E-state index contributed by atoms with van der Waals surface area (Å²) < 4.78 is 24.9. The third-order valence-electron chi connectivity index (χ3n) is 1.23. The second-order valence-corrected chi connectivity index (χ2v) is 4.41. The van der Waals surface area contributed by atoms with Gasteiger partial charge in [0.25, 0.3) is 0 Å². The van der Waals surface area contributed by atoms with Crippen LogP contribution in [-0.2, 0) is 13.4 Å². The molecule has 4 nitrogen and oxygen atoms in total. The van der Waals surface area contributed by atoms with Crippen molar-refractivity contribution < 1.29 is 18.5 Å². The van der Waals surface area contributed by atoms with Crippen LogP contribution >= 0.6 is 16.7 Å². The van der Waals surface area contributed by atoms with E-state index in [0.29, 0.717) is 12.6 Å². The second kappa shape index (κ2) is 7.63. The molecule has 6 heteroatoms. The summed E-state index contributed by atoms with van der Waals surface area (Å²) >= 11 is 0. The number of rotatable bonds is 6. The van der Waals surface area contributed by atoms with Crippen molar-refractivity contribution in [3.63, 3.8) is 0 Å². The predicted octanol–water partition coefficient (Wildman–Crippen LogP) is 2.01. The van der Waals surface area contributed by atoms with Crippen molar-refractivity contribution in [1.29, 1.82) is 0 Å². The number of aliphatic hydroxyl groups is 1. The van der Waals surface area contributed by atoms with E-state index in [1.807, 2.05) is 0 Å². The van der Waals surface area contributed by atoms with Crippen molar-refractivity contribution in [3.05, 3.63) is 11.6 Å². The summed E-state index contributed by atoms with van der Waals surface area (Å²) in [5.74, 6) is 0. The van der Waals surface area contributed by atoms with E-state index in [0.717, 1.165) is 5.57 Å². The van der Waals surface area contributed by atoms with E-state index in [4.69, 9.17) is 5.11 Å². The Balaban J connectivity index is 3.55. The quantitative estimate of drug-likeness (QED) is 0.538. The Morgan fingerprint density at radius 3 is 2.92 bits per heavy atom. The van der Waals surface area contributed by atoms with E-state index < -0.39 is 16.7 Å². The van der Waals surface area contributed by atoms with Gasteiger partial charge in [-0.15, -0.1) is 0 Å². The summed E-state index contributed by atoms with van der Waals surface area (Å²) in [4.78, 5) is 0. The molecular weight excluding hydrogens is 198 g/mol. The first kappa shape index (κ1) is 12.0. The number of hydrogen-bond acceptors (Lipinski definition) is 4. The number of aliphatic hydroxyl groups excluding tert-OH is 1. The van der Waals surface area contributed by atoms with Gasteiger partial charge in [-0.25, -0.2) is 8.88 Å². The van der Waals surface area contributed by atoms with Crippen LogP contribution in [-0.4, -0.2) is 17.9 Å². The number of allylic oxidation sites excluding steroid dienone is 1. The van der Waals surface area contributed by atoms with Gasteiger partial charge in [0.2, 0.25) is 8.03 Å². The van der Waals surface area contributed by atoms with E-state index >= 15 is 0 Å². The molecule has 0 heterocycles. The van der Waals surface area contributed by atoms with Crippen molar-refractivity contribution in [2.75, 3.05) is 12.8 Å². The minimum atomic E-state index is -2.15. The molecule has 0 rings (SSSR count). The minimum absolute atomic E-state index is 0.0155. The topological polar surface area (TPSA) is 63.6 Å². The second-order valence-electron chi connectivity index (χ2n) is 2.29. The molecule has 0 fully saturated rings. The molecule has 0 aromatic carbocycles. The highest BCUT2D eigenvalue weighted by atomic mass is 31.2. The van der Waals surface area contributed by atoms with Gasteiger partial charge < -0.3 is 5.11 Å². The number of hydrogen-bond donors (Lipinski definition) is 1. The Kier molecular flexibility index (Phi) is 7.62. The smallest absolute Gasteiger partial charge is 0.333 e. The first-order valence-electron chi connectivity index (χ1n) is 3.49. The van der Waals surface area contributed by atoms with Gasteiger partial charge >= 0.3 is 8.69 Å². The molecular formula is C6H12O4P2. The van der Waals surface area contributed by atoms with Crippen molar-refractivity contribution in [1.82, 2.24) is 0 Å². The molecule has 1 unspecified atom stereocenters. The van der Waals surface area contributed by atoms with Crippen LogP contribution in [0.15, 0.2) is 11.6 Å². The summed E-state index contributed by atoms with van der Waals surface area (Å²) in [6.07, 6.45) is 2.74. The van der Waals surface area contributed by atoms with E-state index in [1.54, 1.807) is 13.0 Å². The summed E-state index contributed by atoms with van der Waals surface area (Å²) in [5, 5.41) is 8.58. The summed E-state index contributed by atoms with van der Waals surface area (Å²) in [6, 6.07) is 0. The van der Waals surface area contributed by atoms with Gasteiger partial charge in [0.05, 0.1) is 6.61 Å². The van der Waals surface area contributed by atoms with Crippen LogP contribution in [0.5, 0.6) is 0 Å². The SMILES string of the molecule is C/C(=C\CC[PH](=O)OP=O)CO. The zero-order valence-electron chi connectivity index (χ0n) is 6.82. The van der Waals surface area contributed by atoms with Crippen molar-refractivity contribution in [2.45, 2.75) is 13.3 Å². The molecule has 1 N–H and O–H groups in total. The van der Waals surface area contributed by atoms with Gasteiger partial charge in [0.1, 0.15) is 0 Å². The maximum Gasteiger partial charge on any atom is 0.333 e. The molecule has 0 spiro atoms. The Hall–Kier alpha value is -0.0100. The molecule has 0 aliphatic carbocycles. The van der Waals surface area contributed by atoms with Crippen molar-refractivity contribution in [3.8, 4) is 0 Å². The molecule has 0 aromatic heterocycles. The van der Waals surface area contributed by atoms with Crippen LogP contribution in [0, 0.1) is 0 Å². The Morgan fingerprint density at radius 2 is 2.42 bits per heavy atom. The molecule has 1 atom stereocenters. The van der Waals surface area contributed by atoms with Gasteiger partial charge in [-0.2, -0.15) is 0 Å². The average molecular weight is 210 g/mol. The highest BCUT2D eigenvalue weighted by Gasteiger charge is 1.97. The van der Waals surface area contributed by atoms with Crippen LogP contribution in [0.4, 0.5) is 0 Å². The lowest BCUT2D eigenvalue weighted by Crippen LogP contribution is -1.84. The molecule has 0 amide bonds. The Bertz CT molecular complexity index is 190. The standard InChI is InChI=1S/C6H12O4P2/c1-6(5-7)3-2-4-12(9)10-11-8/h3,7,12H,2,4-5H2,1H3/b6-3+. The fourth-order valence-corrected chi connectivity index (χ4v) is 1.67. The van der Waals surface area contributed by atoms with Crippen LogP contribution in [0.25, 0.3) is 0 Å². The summed E-state index contributed by atoms with van der Waals surface area (Å²) in [6.45, 7) is 1.80. The largest absolute Gasteiger partial charge is 0.392 e. The molecule has 0 aromatic rings. The molecule has 70 valence electrons. The van der Waals surface area contributed by atoms with Crippen molar-refractivity contribution >= 4 is 16.7 Å². The molecule has 0 aliphatic heterocycles. The van der Waals surface area contributed by atoms with Crippen molar-refractivity contribution in [2.24, 2.45) is 0 Å². The normalized spacial score (nSPS) is 15.0. The zero-order chi connectivity index (χ0) is 9.40. The van der Waals surface area contributed by atoms with Gasteiger partial charge in [-0.1, -0.05) is 11.6 Å². The monoisotopic (exact) mass is 210 g/mol. The third-order valence-corrected chi connectivity index (χ3v) is 3.04. The van der Waals surface area contributed by atoms with Gasteiger partial charge in [0, 0.05) is 6.16 Å². The molecule has 0 saturated carbocycles.